The molecule has 1 unspecified atom stereocenters. The van der Waals surface area contributed by atoms with Gasteiger partial charge in [-0.25, -0.2) is 0 Å². The van der Waals surface area contributed by atoms with E-state index in [1.54, 1.807) is 7.11 Å². The van der Waals surface area contributed by atoms with Crippen molar-refractivity contribution in [2.24, 2.45) is 0 Å². The van der Waals surface area contributed by atoms with Gasteiger partial charge in [0, 0.05) is 24.2 Å². The van der Waals surface area contributed by atoms with Crippen LogP contribution in [0.3, 0.4) is 0 Å². The predicted octanol–water partition coefficient (Wildman–Crippen LogP) is 2.73. The molecular formula is C14H20BrNO2. The molecular weight excluding hydrogens is 294 g/mol. The lowest BCUT2D eigenvalue weighted by Crippen LogP contribution is -2.33. The summed E-state index contributed by atoms with van der Waals surface area (Å²) in [6.07, 6.45) is 2.72. The molecule has 1 aliphatic rings. The average Bonchev–Trinajstić information content (AvgIpc) is 3.19. The average molecular weight is 314 g/mol. The van der Waals surface area contributed by atoms with Gasteiger partial charge in [-0.05, 0) is 30.5 Å². The van der Waals surface area contributed by atoms with Crippen LogP contribution in [0.4, 0.5) is 0 Å². The Labute approximate surface area is 117 Å². The van der Waals surface area contributed by atoms with Crippen LogP contribution in [0.25, 0.3) is 0 Å². The zero-order valence-electron chi connectivity index (χ0n) is 10.7. The molecule has 2 rings (SSSR count). The summed E-state index contributed by atoms with van der Waals surface area (Å²) in [6, 6.07) is 8.92. The topological polar surface area (TPSA) is 30.5 Å². The van der Waals surface area contributed by atoms with Crippen LogP contribution in [0.1, 0.15) is 18.4 Å². The third-order valence-electron chi connectivity index (χ3n) is 2.96. The molecule has 1 N–H and O–H groups in total. The van der Waals surface area contributed by atoms with Crippen molar-refractivity contribution in [2.75, 3.05) is 20.3 Å². The molecule has 0 saturated heterocycles. The normalized spacial score (nSPS) is 16.8. The maximum atomic E-state index is 5.88. The van der Waals surface area contributed by atoms with Gasteiger partial charge in [-0.1, -0.05) is 28.1 Å². The van der Waals surface area contributed by atoms with Crippen molar-refractivity contribution >= 4 is 15.9 Å². The van der Waals surface area contributed by atoms with Gasteiger partial charge < -0.3 is 14.8 Å². The van der Waals surface area contributed by atoms with Gasteiger partial charge in [-0.2, -0.15) is 0 Å². The molecule has 4 heteroatoms. The minimum absolute atomic E-state index is 0.124. The van der Waals surface area contributed by atoms with Gasteiger partial charge in [0.15, 0.2) is 0 Å². The molecule has 1 aromatic rings. The smallest absolute Gasteiger partial charge is 0.0936 e. The van der Waals surface area contributed by atoms with Gasteiger partial charge in [0.2, 0.25) is 0 Å². The maximum absolute atomic E-state index is 5.88. The van der Waals surface area contributed by atoms with Crippen LogP contribution in [0.15, 0.2) is 28.7 Å². The first-order valence-electron chi connectivity index (χ1n) is 6.36. The maximum Gasteiger partial charge on any atom is 0.0936 e. The number of halogens is 1. The molecule has 0 aromatic heterocycles. The van der Waals surface area contributed by atoms with Crippen LogP contribution in [0.2, 0.25) is 0 Å². The number of benzene rings is 1. The second-order valence-electron chi connectivity index (χ2n) is 4.70. The van der Waals surface area contributed by atoms with Crippen LogP contribution in [0.5, 0.6) is 0 Å². The fraction of sp³-hybridized carbons (Fsp3) is 0.571. The van der Waals surface area contributed by atoms with E-state index in [2.05, 4.69) is 33.4 Å². The highest BCUT2D eigenvalue weighted by Crippen LogP contribution is 2.18. The molecule has 0 bridgehead atoms. The predicted molar refractivity (Wildman–Crippen MR) is 75.6 cm³/mol. The fourth-order valence-corrected chi connectivity index (χ4v) is 2.00. The van der Waals surface area contributed by atoms with Gasteiger partial charge in [0.1, 0.15) is 0 Å². The van der Waals surface area contributed by atoms with Crippen LogP contribution < -0.4 is 5.32 Å². The highest BCUT2D eigenvalue weighted by molar-refractivity contribution is 9.10. The second kappa shape index (κ2) is 7.24. The largest absolute Gasteiger partial charge is 0.382 e. The number of ether oxygens (including phenoxy) is 2. The van der Waals surface area contributed by atoms with Crippen LogP contribution in [-0.2, 0) is 16.1 Å². The summed E-state index contributed by atoms with van der Waals surface area (Å²) >= 11 is 3.43. The summed E-state index contributed by atoms with van der Waals surface area (Å²) in [7, 11) is 1.72. The first-order valence-corrected chi connectivity index (χ1v) is 7.15. The number of hydrogen-bond donors (Lipinski definition) is 1. The van der Waals surface area contributed by atoms with Crippen molar-refractivity contribution in [1.82, 2.24) is 5.32 Å². The van der Waals surface area contributed by atoms with Gasteiger partial charge in [0.25, 0.3) is 0 Å². The summed E-state index contributed by atoms with van der Waals surface area (Å²) in [6.45, 7) is 2.14. The van der Waals surface area contributed by atoms with E-state index < -0.39 is 0 Å². The Morgan fingerprint density at radius 1 is 1.33 bits per heavy atom. The zero-order chi connectivity index (χ0) is 12.8. The molecule has 0 amide bonds. The lowest BCUT2D eigenvalue weighted by Gasteiger charge is -2.17. The molecule has 1 saturated carbocycles. The van der Waals surface area contributed by atoms with E-state index in [0.29, 0.717) is 19.3 Å². The Balaban J connectivity index is 1.74. The molecule has 1 aromatic carbocycles. The second-order valence-corrected chi connectivity index (χ2v) is 5.61. The van der Waals surface area contributed by atoms with E-state index in [4.69, 9.17) is 9.47 Å². The quantitative estimate of drug-likeness (QED) is 0.800. The van der Waals surface area contributed by atoms with Gasteiger partial charge >= 0.3 is 0 Å². The fourth-order valence-electron chi connectivity index (χ4n) is 1.73. The monoisotopic (exact) mass is 313 g/mol. The minimum Gasteiger partial charge on any atom is -0.382 e. The number of hydrogen-bond acceptors (Lipinski definition) is 3. The van der Waals surface area contributed by atoms with E-state index in [0.717, 1.165) is 11.0 Å². The van der Waals surface area contributed by atoms with E-state index in [-0.39, 0.29) is 6.10 Å². The SMILES string of the molecule is COCC(CNC1CC1)OCc1ccc(Br)cc1. The Hall–Kier alpha value is -0.420. The summed E-state index contributed by atoms with van der Waals surface area (Å²) in [5.41, 5.74) is 1.19. The molecule has 1 fully saturated rings. The lowest BCUT2D eigenvalue weighted by atomic mass is 10.2. The number of rotatable bonds is 8. The first kappa shape index (κ1) is 14.0. The van der Waals surface area contributed by atoms with Crippen molar-refractivity contribution in [2.45, 2.75) is 31.6 Å². The lowest BCUT2D eigenvalue weighted by molar-refractivity contribution is -0.0103. The van der Waals surface area contributed by atoms with Crippen LogP contribution >= 0.6 is 15.9 Å². The van der Waals surface area contributed by atoms with E-state index in [1.165, 1.54) is 18.4 Å². The Morgan fingerprint density at radius 3 is 2.67 bits per heavy atom. The number of methoxy groups -OCH3 is 1. The van der Waals surface area contributed by atoms with Gasteiger partial charge in [-0.3, -0.25) is 0 Å². The summed E-state index contributed by atoms with van der Waals surface area (Å²) in [4.78, 5) is 0. The Kier molecular flexibility index (Phi) is 5.63. The van der Waals surface area contributed by atoms with Gasteiger partial charge in [-0.15, -0.1) is 0 Å². The highest BCUT2D eigenvalue weighted by atomic mass is 79.9. The highest BCUT2D eigenvalue weighted by Gasteiger charge is 2.22. The molecule has 18 heavy (non-hydrogen) atoms. The molecule has 100 valence electrons. The van der Waals surface area contributed by atoms with E-state index in [1.807, 2.05) is 12.1 Å². The number of nitrogens with one attached hydrogen (secondary N) is 1. The van der Waals surface area contributed by atoms with E-state index >= 15 is 0 Å². The standard InChI is InChI=1S/C14H20BrNO2/c1-17-10-14(8-16-13-6-7-13)18-9-11-2-4-12(15)5-3-11/h2-5,13-14,16H,6-10H2,1H3. The molecule has 0 radical (unpaired) electrons. The Morgan fingerprint density at radius 2 is 2.06 bits per heavy atom. The van der Waals surface area contributed by atoms with Crippen molar-refractivity contribution < 1.29 is 9.47 Å². The zero-order valence-corrected chi connectivity index (χ0v) is 12.3. The first-order chi connectivity index (χ1) is 8.78. The Bertz CT molecular complexity index is 351. The molecule has 1 atom stereocenters. The molecule has 0 spiro atoms. The minimum atomic E-state index is 0.124. The summed E-state index contributed by atoms with van der Waals surface area (Å²) in [5, 5.41) is 3.47. The van der Waals surface area contributed by atoms with Crippen LogP contribution in [0, 0.1) is 0 Å². The van der Waals surface area contributed by atoms with Gasteiger partial charge in [0.05, 0.1) is 19.3 Å². The van der Waals surface area contributed by atoms with Crippen molar-refractivity contribution in [3.05, 3.63) is 34.3 Å². The summed E-state index contributed by atoms with van der Waals surface area (Å²) in [5.74, 6) is 0. The molecule has 1 aliphatic carbocycles. The molecule has 0 heterocycles. The van der Waals surface area contributed by atoms with E-state index in [9.17, 15) is 0 Å². The van der Waals surface area contributed by atoms with Crippen molar-refractivity contribution in [3.8, 4) is 0 Å². The summed E-state index contributed by atoms with van der Waals surface area (Å²) < 4.78 is 12.2. The van der Waals surface area contributed by atoms with Crippen molar-refractivity contribution in [1.29, 1.82) is 0 Å². The third kappa shape index (κ3) is 5.06. The molecule has 3 nitrogen and oxygen atoms in total. The molecule has 0 aliphatic heterocycles. The van der Waals surface area contributed by atoms with Crippen molar-refractivity contribution in [3.63, 3.8) is 0 Å². The van der Waals surface area contributed by atoms with Crippen LogP contribution in [-0.4, -0.2) is 32.4 Å². The third-order valence-corrected chi connectivity index (χ3v) is 3.49.